The molecule has 1 aromatic heterocycles. The highest BCUT2D eigenvalue weighted by Gasteiger charge is 2.23. The van der Waals surface area contributed by atoms with Crippen molar-refractivity contribution in [3.63, 3.8) is 0 Å². The third kappa shape index (κ3) is 3.98. The Morgan fingerprint density at radius 2 is 1.91 bits per heavy atom. The first-order chi connectivity index (χ1) is 15.6. The summed E-state index contributed by atoms with van der Waals surface area (Å²) in [5, 5.41) is 2.60. The molecule has 5 rings (SSSR count). The lowest BCUT2D eigenvalue weighted by Gasteiger charge is -2.30. The van der Waals surface area contributed by atoms with Crippen LogP contribution in [-0.4, -0.2) is 41.5 Å². The lowest BCUT2D eigenvalue weighted by atomic mass is 9.99. The highest BCUT2D eigenvalue weighted by Crippen LogP contribution is 2.36. The van der Waals surface area contributed by atoms with Crippen molar-refractivity contribution in [1.82, 2.24) is 9.88 Å². The topological polar surface area (TPSA) is 59.5 Å². The van der Waals surface area contributed by atoms with Crippen molar-refractivity contribution in [2.75, 3.05) is 19.7 Å². The third-order valence-electron chi connectivity index (χ3n) is 5.99. The number of hydrogen-bond acceptors (Lipinski definition) is 5. The first-order valence-corrected chi connectivity index (χ1v) is 11.7. The number of rotatable bonds is 4. The molecule has 0 bridgehead atoms. The summed E-state index contributed by atoms with van der Waals surface area (Å²) in [6.45, 7) is 3.37. The fraction of sp³-hybridized carbons (Fsp3) is 0.269. The van der Waals surface area contributed by atoms with E-state index in [1.165, 1.54) is 0 Å². The van der Waals surface area contributed by atoms with Crippen LogP contribution in [0.4, 0.5) is 0 Å². The normalized spacial score (nSPS) is 16.4. The Balaban J connectivity index is 1.45. The number of carbonyl (C=O) groups is 2. The van der Waals surface area contributed by atoms with E-state index in [0.717, 1.165) is 57.5 Å². The van der Waals surface area contributed by atoms with Crippen LogP contribution in [0.3, 0.4) is 0 Å². The number of piperidine rings is 1. The standard InChI is InChI=1S/C26H24N2O3S/c1-17-7-6-14-28(15-17)23(29)16-31-26(30)20-11-5-9-18-8-4-10-19(24(18)20)25-27-21-12-2-3-13-22(21)32-25/h2-5,8-13,17H,6-7,14-16H2,1H3. The van der Waals surface area contributed by atoms with Gasteiger partial charge in [0.15, 0.2) is 6.61 Å². The van der Waals surface area contributed by atoms with Gasteiger partial charge in [-0.2, -0.15) is 0 Å². The smallest absolute Gasteiger partial charge is 0.339 e. The number of hydrogen-bond donors (Lipinski definition) is 0. The van der Waals surface area contributed by atoms with E-state index in [-0.39, 0.29) is 12.5 Å². The van der Waals surface area contributed by atoms with Crippen LogP contribution < -0.4 is 0 Å². The fourth-order valence-electron chi connectivity index (χ4n) is 4.39. The zero-order valence-corrected chi connectivity index (χ0v) is 18.7. The van der Waals surface area contributed by atoms with Gasteiger partial charge in [0.1, 0.15) is 5.01 Å². The number of benzene rings is 3. The minimum Gasteiger partial charge on any atom is -0.452 e. The van der Waals surface area contributed by atoms with Crippen LogP contribution in [0.1, 0.15) is 30.1 Å². The molecule has 0 N–H and O–H groups in total. The van der Waals surface area contributed by atoms with Gasteiger partial charge in [-0.1, -0.05) is 49.4 Å². The molecule has 2 heterocycles. The van der Waals surface area contributed by atoms with Crippen molar-refractivity contribution >= 4 is 44.2 Å². The molecule has 1 aliphatic rings. The molecule has 6 heteroatoms. The molecule has 5 nitrogen and oxygen atoms in total. The summed E-state index contributed by atoms with van der Waals surface area (Å²) >= 11 is 1.60. The van der Waals surface area contributed by atoms with Gasteiger partial charge >= 0.3 is 5.97 Å². The van der Waals surface area contributed by atoms with Crippen LogP contribution in [0.5, 0.6) is 0 Å². The van der Waals surface area contributed by atoms with Crippen molar-refractivity contribution in [3.8, 4) is 10.6 Å². The number of amides is 1. The highest BCUT2D eigenvalue weighted by molar-refractivity contribution is 7.21. The van der Waals surface area contributed by atoms with Crippen molar-refractivity contribution in [2.24, 2.45) is 5.92 Å². The van der Waals surface area contributed by atoms with E-state index in [2.05, 4.69) is 6.92 Å². The molecule has 1 unspecified atom stereocenters. The van der Waals surface area contributed by atoms with Gasteiger partial charge in [0.25, 0.3) is 5.91 Å². The molecular formula is C26H24N2O3S. The number of esters is 1. The third-order valence-corrected chi connectivity index (χ3v) is 7.06. The monoisotopic (exact) mass is 444 g/mol. The molecule has 0 aliphatic carbocycles. The van der Waals surface area contributed by atoms with Crippen molar-refractivity contribution in [2.45, 2.75) is 19.8 Å². The minimum atomic E-state index is -0.484. The van der Waals surface area contributed by atoms with Crippen LogP contribution in [0.25, 0.3) is 31.6 Å². The van der Waals surface area contributed by atoms with Crippen molar-refractivity contribution in [3.05, 3.63) is 66.2 Å². The van der Waals surface area contributed by atoms with E-state index < -0.39 is 5.97 Å². The van der Waals surface area contributed by atoms with Crippen molar-refractivity contribution < 1.29 is 14.3 Å². The summed E-state index contributed by atoms with van der Waals surface area (Å²) in [4.78, 5) is 32.2. The number of likely N-dealkylation sites (tertiary alicyclic amines) is 1. The van der Waals surface area contributed by atoms with Crippen LogP contribution in [0, 0.1) is 5.92 Å². The van der Waals surface area contributed by atoms with Crippen LogP contribution in [0.15, 0.2) is 60.7 Å². The number of carbonyl (C=O) groups excluding carboxylic acids is 2. The largest absolute Gasteiger partial charge is 0.452 e. The van der Waals surface area contributed by atoms with Crippen LogP contribution in [-0.2, 0) is 9.53 Å². The minimum absolute atomic E-state index is 0.128. The number of ether oxygens (including phenoxy) is 1. The quantitative estimate of drug-likeness (QED) is 0.388. The maximum Gasteiger partial charge on any atom is 0.339 e. The summed E-state index contributed by atoms with van der Waals surface area (Å²) in [7, 11) is 0. The molecule has 162 valence electrons. The Labute approximate surface area is 190 Å². The molecule has 1 saturated heterocycles. The predicted octanol–water partition coefficient (Wildman–Crippen LogP) is 5.53. The van der Waals surface area contributed by atoms with Gasteiger partial charge in [0.2, 0.25) is 0 Å². The molecule has 1 amide bonds. The number of thiazole rings is 1. The molecule has 0 radical (unpaired) electrons. The van der Waals surface area contributed by atoms with E-state index in [1.807, 2.05) is 54.6 Å². The molecule has 1 atom stereocenters. The number of nitrogens with zero attached hydrogens (tertiary/aromatic N) is 2. The van der Waals surface area contributed by atoms with E-state index in [4.69, 9.17) is 9.72 Å². The summed E-state index contributed by atoms with van der Waals surface area (Å²) < 4.78 is 6.59. The maximum atomic E-state index is 13.1. The first kappa shape index (κ1) is 20.6. The van der Waals surface area contributed by atoms with Gasteiger partial charge < -0.3 is 9.64 Å². The lowest BCUT2D eigenvalue weighted by molar-refractivity contribution is -0.136. The SMILES string of the molecule is CC1CCCN(C(=O)COC(=O)c2cccc3cccc(-c4nc5ccccc5s4)c23)C1. The van der Waals surface area contributed by atoms with Crippen LogP contribution >= 0.6 is 11.3 Å². The summed E-state index contributed by atoms with van der Waals surface area (Å²) in [5.41, 5.74) is 2.29. The highest BCUT2D eigenvalue weighted by atomic mass is 32.1. The molecule has 0 saturated carbocycles. The van der Waals surface area contributed by atoms with Gasteiger partial charge in [0, 0.05) is 24.0 Å². The van der Waals surface area contributed by atoms with Gasteiger partial charge in [-0.3, -0.25) is 4.79 Å². The molecule has 32 heavy (non-hydrogen) atoms. The Hall–Kier alpha value is -3.25. The summed E-state index contributed by atoms with van der Waals surface area (Å²) in [6.07, 6.45) is 2.13. The van der Waals surface area contributed by atoms with Gasteiger partial charge in [-0.25, -0.2) is 9.78 Å². The van der Waals surface area contributed by atoms with Crippen LogP contribution in [0.2, 0.25) is 0 Å². The Morgan fingerprint density at radius 3 is 2.72 bits per heavy atom. The Morgan fingerprint density at radius 1 is 1.09 bits per heavy atom. The number of fused-ring (bicyclic) bond motifs is 2. The Bertz CT molecular complexity index is 1270. The zero-order chi connectivity index (χ0) is 22.1. The number of aromatic nitrogens is 1. The van der Waals surface area contributed by atoms with Gasteiger partial charge in [0.05, 0.1) is 15.8 Å². The fourth-order valence-corrected chi connectivity index (χ4v) is 5.39. The zero-order valence-electron chi connectivity index (χ0n) is 17.9. The van der Waals surface area contributed by atoms with Gasteiger partial charge in [-0.15, -0.1) is 11.3 Å². The van der Waals surface area contributed by atoms with E-state index in [9.17, 15) is 9.59 Å². The van der Waals surface area contributed by atoms with Gasteiger partial charge in [-0.05, 0) is 42.3 Å². The average molecular weight is 445 g/mol. The molecule has 0 spiro atoms. The van der Waals surface area contributed by atoms with E-state index in [1.54, 1.807) is 22.3 Å². The predicted molar refractivity (Wildman–Crippen MR) is 128 cm³/mol. The second-order valence-electron chi connectivity index (χ2n) is 8.36. The maximum absolute atomic E-state index is 13.1. The van der Waals surface area contributed by atoms with E-state index >= 15 is 0 Å². The first-order valence-electron chi connectivity index (χ1n) is 10.9. The molecule has 1 aliphatic heterocycles. The summed E-state index contributed by atoms with van der Waals surface area (Å²) in [6, 6.07) is 19.5. The van der Waals surface area contributed by atoms with E-state index in [0.29, 0.717) is 11.5 Å². The average Bonchev–Trinajstić information content (AvgIpc) is 3.25. The second kappa shape index (κ2) is 8.71. The summed E-state index contributed by atoms with van der Waals surface area (Å²) in [5.74, 6) is -0.128. The molecular weight excluding hydrogens is 420 g/mol. The number of para-hydroxylation sites is 1. The molecule has 3 aromatic carbocycles. The molecule has 4 aromatic rings. The lowest BCUT2D eigenvalue weighted by Crippen LogP contribution is -2.41. The van der Waals surface area contributed by atoms with Crippen molar-refractivity contribution in [1.29, 1.82) is 0 Å². The Kier molecular flexibility index (Phi) is 5.62. The molecule has 1 fully saturated rings. The second-order valence-corrected chi connectivity index (χ2v) is 9.39.